The summed E-state index contributed by atoms with van der Waals surface area (Å²) in [7, 11) is 1.67. The van der Waals surface area contributed by atoms with Gasteiger partial charge in [0.15, 0.2) is 5.82 Å². The Hall–Kier alpha value is -1.02. The number of hydrogen-bond acceptors (Lipinski definition) is 6. The first-order valence-electron chi connectivity index (χ1n) is 5.94. The minimum absolute atomic E-state index is 0.0757. The molecule has 0 bridgehead atoms. The molecule has 104 valence electrons. The Kier molecular flexibility index (Phi) is 5.26. The van der Waals surface area contributed by atoms with Crippen LogP contribution in [0.2, 0.25) is 4.34 Å². The average Bonchev–Trinajstić information content (AvgIpc) is 3.03. The van der Waals surface area contributed by atoms with Crippen LogP contribution >= 0.6 is 22.9 Å². The topological polar surface area (TPSA) is 64.9 Å². The van der Waals surface area contributed by atoms with Gasteiger partial charge in [0.2, 0.25) is 0 Å². The van der Waals surface area contributed by atoms with E-state index in [0.717, 1.165) is 21.6 Å². The van der Waals surface area contributed by atoms with Crippen molar-refractivity contribution >= 4 is 22.9 Å². The number of aromatic nitrogens is 4. The molecule has 0 radical (unpaired) electrons. The van der Waals surface area contributed by atoms with Gasteiger partial charge < -0.3 is 10.1 Å². The van der Waals surface area contributed by atoms with Crippen molar-refractivity contribution in [3.8, 4) is 0 Å². The van der Waals surface area contributed by atoms with Crippen molar-refractivity contribution in [1.82, 2.24) is 25.5 Å². The predicted octanol–water partition coefficient (Wildman–Crippen LogP) is 1.73. The van der Waals surface area contributed by atoms with E-state index in [1.54, 1.807) is 18.4 Å². The second kappa shape index (κ2) is 6.95. The molecule has 19 heavy (non-hydrogen) atoms. The highest BCUT2D eigenvalue weighted by atomic mass is 35.5. The van der Waals surface area contributed by atoms with Crippen molar-refractivity contribution in [2.24, 2.45) is 0 Å². The van der Waals surface area contributed by atoms with E-state index in [1.165, 1.54) is 0 Å². The average molecular weight is 302 g/mol. The van der Waals surface area contributed by atoms with E-state index in [0.29, 0.717) is 13.2 Å². The van der Waals surface area contributed by atoms with Gasteiger partial charge in [0.05, 0.1) is 23.5 Å². The number of methoxy groups -OCH3 is 1. The molecule has 0 amide bonds. The molecular weight excluding hydrogens is 286 g/mol. The number of tetrazole rings is 1. The van der Waals surface area contributed by atoms with Crippen molar-refractivity contribution < 1.29 is 4.74 Å². The van der Waals surface area contributed by atoms with E-state index in [4.69, 9.17) is 16.3 Å². The first-order chi connectivity index (χ1) is 9.22. The zero-order chi connectivity index (χ0) is 13.7. The number of thiophene rings is 1. The van der Waals surface area contributed by atoms with Crippen LogP contribution in [0, 0.1) is 0 Å². The van der Waals surface area contributed by atoms with Gasteiger partial charge in [-0.15, -0.1) is 16.4 Å². The van der Waals surface area contributed by atoms with Crippen LogP contribution in [0.4, 0.5) is 0 Å². The Morgan fingerprint density at radius 2 is 2.37 bits per heavy atom. The molecule has 2 heterocycles. The van der Waals surface area contributed by atoms with Crippen molar-refractivity contribution in [2.45, 2.75) is 19.5 Å². The lowest BCUT2D eigenvalue weighted by molar-refractivity contribution is 0.198. The molecule has 0 fully saturated rings. The van der Waals surface area contributed by atoms with Crippen LogP contribution in [-0.4, -0.2) is 40.5 Å². The Bertz CT molecular complexity index is 515. The number of halogens is 1. The fourth-order valence-electron chi connectivity index (χ4n) is 1.68. The second-order valence-corrected chi connectivity index (χ2v) is 5.77. The summed E-state index contributed by atoms with van der Waals surface area (Å²) in [6.45, 7) is 4.09. The maximum absolute atomic E-state index is 5.96. The quantitative estimate of drug-likeness (QED) is 0.789. The summed E-state index contributed by atoms with van der Waals surface area (Å²) >= 11 is 7.50. The smallest absolute Gasteiger partial charge is 0.165 e. The standard InChI is InChI=1S/C11H16ClN5OS/c1-8(9-3-4-10(12)19-9)17-11(14-15-16-17)7-13-5-6-18-2/h3-4,8,13H,5-7H2,1-2H3. The minimum atomic E-state index is 0.0757. The van der Waals surface area contributed by atoms with Crippen molar-refractivity contribution in [3.05, 3.63) is 27.2 Å². The van der Waals surface area contributed by atoms with Gasteiger partial charge in [-0.25, -0.2) is 4.68 Å². The monoisotopic (exact) mass is 301 g/mol. The molecule has 0 aliphatic rings. The van der Waals surface area contributed by atoms with Crippen LogP contribution in [0.1, 0.15) is 23.7 Å². The molecule has 1 unspecified atom stereocenters. The molecule has 6 nitrogen and oxygen atoms in total. The molecule has 2 aromatic heterocycles. The fraction of sp³-hybridized carbons (Fsp3) is 0.545. The lowest BCUT2D eigenvalue weighted by Crippen LogP contribution is -2.22. The fourth-order valence-corrected chi connectivity index (χ4v) is 2.78. The second-order valence-electron chi connectivity index (χ2n) is 4.03. The Labute approximate surface area is 120 Å². The SMILES string of the molecule is COCCNCc1nnnn1C(C)c1ccc(Cl)s1. The predicted molar refractivity (Wildman–Crippen MR) is 74.5 cm³/mol. The summed E-state index contributed by atoms with van der Waals surface area (Å²) in [6, 6.07) is 3.96. The van der Waals surface area contributed by atoms with Crippen molar-refractivity contribution in [2.75, 3.05) is 20.3 Å². The zero-order valence-corrected chi connectivity index (χ0v) is 12.4. The van der Waals surface area contributed by atoms with E-state index >= 15 is 0 Å². The van der Waals surface area contributed by atoms with Crippen LogP contribution in [0.5, 0.6) is 0 Å². The van der Waals surface area contributed by atoms with Crippen LogP contribution < -0.4 is 5.32 Å². The summed E-state index contributed by atoms with van der Waals surface area (Å²) in [5, 5.41) is 15.1. The summed E-state index contributed by atoms with van der Waals surface area (Å²) in [6.07, 6.45) is 0. The van der Waals surface area contributed by atoms with E-state index < -0.39 is 0 Å². The number of hydrogen-bond donors (Lipinski definition) is 1. The summed E-state index contributed by atoms with van der Waals surface area (Å²) in [5.41, 5.74) is 0. The molecular formula is C11H16ClN5OS. The first-order valence-corrected chi connectivity index (χ1v) is 7.13. The highest BCUT2D eigenvalue weighted by molar-refractivity contribution is 7.16. The van der Waals surface area contributed by atoms with Crippen molar-refractivity contribution in [3.63, 3.8) is 0 Å². The maximum atomic E-state index is 5.96. The van der Waals surface area contributed by atoms with Gasteiger partial charge in [0.1, 0.15) is 0 Å². The third kappa shape index (κ3) is 3.73. The first kappa shape index (κ1) is 14.4. The molecule has 0 saturated carbocycles. The number of ether oxygens (including phenoxy) is 1. The maximum Gasteiger partial charge on any atom is 0.165 e. The van der Waals surface area contributed by atoms with Gasteiger partial charge in [-0.2, -0.15) is 0 Å². The van der Waals surface area contributed by atoms with Gasteiger partial charge in [0, 0.05) is 18.5 Å². The highest BCUT2D eigenvalue weighted by Crippen LogP contribution is 2.28. The van der Waals surface area contributed by atoms with E-state index in [-0.39, 0.29) is 6.04 Å². The van der Waals surface area contributed by atoms with Crippen molar-refractivity contribution in [1.29, 1.82) is 0 Å². The molecule has 0 aliphatic carbocycles. The molecule has 1 atom stereocenters. The van der Waals surface area contributed by atoms with Crippen LogP contribution in [-0.2, 0) is 11.3 Å². The lowest BCUT2D eigenvalue weighted by Gasteiger charge is -2.12. The summed E-state index contributed by atoms with van der Waals surface area (Å²) in [4.78, 5) is 1.13. The molecule has 0 aliphatic heterocycles. The lowest BCUT2D eigenvalue weighted by atomic mass is 10.3. The number of rotatable bonds is 7. The summed E-state index contributed by atoms with van der Waals surface area (Å²) in [5.74, 6) is 0.799. The Morgan fingerprint density at radius 1 is 1.53 bits per heavy atom. The van der Waals surface area contributed by atoms with Crippen LogP contribution in [0.15, 0.2) is 12.1 Å². The van der Waals surface area contributed by atoms with Gasteiger partial charge in [0.25, 0.3) is 0 Å². The molecule has 8 heteroatoms. The zero-order valence-electron chi connectivity index (χ0n) is 10.8. The van der Waals surface area contributed by atoms with E-state index in [2.05, 4.69) is 27.8 Å². The van der Waals surface area contributed by atoms with Gasteiger partial charge >= 0.3 is 0 Å². The molecule has 1 N–H and O–H groups in total. The van der Waals surface area contributed by atoms with Gasteiger partial charge in [-0.1, -0.05) is 11.6 Å². The van der Waals surface area contributed by atoms with E-state index in [1.807, 2.05) is 16.8 Å². The molecule has 2 rings (SSSR count). The Balaban J connectivity index is 2.02. The largest absolute Gasteiger partial charge is 0.383 e. The Morgan fingerprint density at radius 3 is 3.05 bits per heavy atom. The number of nitrogens with one attached hydrogen (secondary N) is 1. The third-order valence-electron chi connectivity index (χ3n) is 2.70. The summed E-state index contributed by atoms with van der Waals surface area (Å²) < 4.78 is 7.56. The highest BCUT2D eigenvalue weighted by Gasteiger charge is 2.16. The van der Waals surface area contributed by atoms with Crippen LogP contribution in [0.3, 0.4) is 0 Å². The molecule has 2 aromatic rings. The van der Waals surface area contributed by atoms with Gasteiger partial charge in [-0.05, 0) is 29.5 Å². The minimum Gasteiger partial charge on any atom is -0.383 e. The van der Waals surface area contributed by atoms with Gasteiger partial charge in [-0.3, -0.25) is 0 Å². The molecule has 0 spiro atoms. The van der Waals surface area contributed by atoms with Crippen LogP contribution in [0.25, 0.3) is 0 Å². The number of nitrogens with zero attached hydrogens (tertiary/aromatic N) is 4. The third-order valence-corrected chi connectivity index (χ3v) is 4.10. The molecule has 0 aromatic carbocycles. The normalized spacial score (nSPS) is 12.8. The van der Waals surface area contributed by atoms with E-state index in [9.17, 15) is 0 Å². The molecule has 0 saturated heterocycles.